The molecule has 48 heavy (non-hydrogen) atoms. The highest BCUT2D eigenvalue weighted by atomic mass is 16.5. The number of nitrogens with two attached hydrogens (primary N) is 1. The predicted molar refractivity (Wildman–Crippen MR) is 206 cm³/mol. The second kappa shape index (κ2) is 25.4. The monoisotopic (exact) mass is 653 g/mol. The van der Waals surface area contributed by atoms with Gasteiger partial charge in [0.05, 0.1) is 18.7 Å². The molecule has 0 radical (unpaired) electrons. The number of para-hydroxylation sites is 1. The van der Waals surface area contributed by atoms with E-state index in [0.29, 0.717) is 6.54 Å². The average Bonchev–Trinajstić information content (AvgIpc) is 3.13. The highest BCUT2D eigenvalue weighted by Crippen LogP contribution is 2.23. The second-order valence-electron chi connectivity index (χ2n) is 12.9. The lowest BCUT2D eigenvalue weighted by atomic mass is 10.1. The molecule has 5 nitrogen and oxygen atoms in total. The fourth-order valence-corrected chi connectivity index (χ4v) is 5.81. The van der Waals surface area contributed by atoms with Gasteiger partial charge in [-0.05, 0) is 60.4 Å². The highest BCUT2D eigenvalue weighted by molar-refractivity contribution is 5.90. The number of fused-ring (bicyclic) bond motifs is 1. The minimum atomic E-state index is 0.578. The molecule has 0 aliphatic heterocycles. The SMILES string of the molecule is CCCCCCCCCCOc1cccc(CN)c1.CCCCCCCCCCOc1cccc(CNc2ccnc3ccccc23)c1. The first-order valence-electron chi connectivity index (χ1n) is 18.9. The van der Waals surface area contributed by atoms with E-state index in [9.17, 15) is 0 Å². The van der Waals surface area contributed by atoms with Crippen LogP contribution in [0.2, 0.25) is 0 Å². The maximum absolute atomic E-state index is 5.98. The van der Waals surface area contributed by atoms with Gasteiger partial charge in [0, 0.05) is 30.4 Å². The van der Waals surface area contributed by atoms with Gasteiger partial charge in [-0.15, -0.1) is 0 Å². The molecule has 4 rings (SSSR count). The molecule has 0 amide bonds. The molecule has 5 heteroatoms. The lowest BCUT2D eigenvalue weighted by molar-refractivity contribution is 0.304. The lowest BCUT2D eigenvalue weighted by Gasteiger charge is -2.11. The first kappa shape index (κ1) is 38.9. The third-order valence-electron chi connectivity index (χ3n) is 8.70. The Morgan fingerprint density at radius 3 is 1.67 bits per heavy atom. The Labute approximate surface area is 292 Å². The van der Waals surface area contributed by atoms with Crippen molar-refractivity contribution in [3.05, 3.63) is 96.2 Å². The van der Waals surface area contributed by atoms with Crippen LogP contribution in [-0.2, 0) is 13.1 Å². The number of hydrogen-bond acceptors (Lipinski definition) is 5. The van der Waals surface area contributed by atoms with Gasteiger partial charge < -0.3 is 20.5 Å². The van der Waals surface area contributed by atoms with Crippen molar-refractivity contribution in [2.75, 3.05) is 18.5 Å². The minimum Gasteiger partial charge on any atom is -0.494 e. The van der Waals surface area contributed by atoms with Crippen LogP contribution < -0.4 is 20.5 Å². The molecule has 262 valence electrons. The Kier molecular flexibility index (Phi) is 20.6. The van der Waals surface area contributed by atoms with Gasteiger partial charge in [-0.3, -0.25) is 4.98 Å². The molecule has 3 aromatic carbocycles. The fourth-order valence-electron chi connectivity index (χ4n) is 5.81. The van der Waals surface area contributed by atoms with E-state index in [1.54, 1.807) is 0 Å². The number of aromatic nitrogens is 1. The van der Waals surface area contributed by atoms with Crippen LogP contribution in [0.25, 0.3) is 10.9 Å². The Morgan fingerprint density at radius 2 is 1.08 bits per heavy atom. The summed E-state index contributed by atoms with van der Waals surface area (Å²) in [6, 6.07) is 26.7. The number of ether oxygens (including phenoxy) is 2. The molecule has 0 spiro atoms. The van der Waals surface area contributed by atoms with Crippen molar-refractivity contribution < 1.29 is 9.47 Å². The number of hydrogen-bond donors (Lipinski definition) is 2. The van der Waals surface area contributed by atoms with Gasteiger partial charge in [-0.1, -0.05) is 146 Å². The van der Waals surface area contributed by atoms with Gasteiger partial charge in [-0.2, -0.15) is 0 Å². The summed E-state index contributed by atoms with van der Waals surface area (Å²) in [5.41, 5.74) is 10.1. The van der Waals surface area contributed by atoms with Gasteiger partial charge in [0.2, 0.25) is 0 Å². The van der Waals surface area contributed by atoms with Crippen molar-refractivity contribution in [2.24, 2.45) is 5.73 Å². The molecule has 0 saturated carbocycles. The summed E-state index contributed by atoms with van der Waals surface area (Å²) < 4.78 is 11.7. The number of unbranched alkanes of at least 4 members (excludes halogenated alkanes) is 14. The van der Waals surface area contributed by atoms with Gasteiger partial charge in [0.1, 0.15) is 11.5 Å². The minimum absolute atomic E-state index is 0.578. The van der Waals surface area contributed by atoms with E-state index in [-0.39, 0.29) is 0 Å². The summed E-state index contributed by atoms with van der Waals surface area (Å²) in [5.74, 6) is 1.91. The van der Waals surface area contributed by atoms with Gasteiger partial charge >= 0.3 is 0 Å². The van der Waals surface area contributed by atoms with E-state index in [1.165, 1.54) is 95.5 Å². The van der Waals surface area contributed by atoms with E-state index in [1.807, 2.05) is 48.7 Å². The van der Waals surface area contributed by atoms with Crippen molar-refractivity contribution in [3.8, 4) is 11.5 Å². The maximum Gasteiger partial charge on any atom is 0.119 e. The van der Waals surface area contributed by atoms with Crippen molar-refractivity contribution >= 4 is 16.6 Å². The summed E-state index contributed by atoms with van der Waals surface area (Å²) in [7, 11) is 0. The van der Waals surface area contributed by atoms with E-state index in [2.05, 4.69) is 60.5 Å². The molecule has 1 heterocycles. The molecule has 0 bridgehead atoms. The summed E-state index contributed by atoms with van der Waals surface area (Å²) in [6.07, 6.45) is 23.1. The summed E-state index contributed by atoms with van der Waals surface area (Å²) in [4.78, 5) is 4.42. The third kappa shape index (κ3) is 16.5. The van der Waals surface area contributed by atoms with E-state index in [4.69, 9.17) is 15.2 Å². The Hall–Kier alpha value is -3.57. The highest BCUT2D eigenvalue weighted by Gasteiger charge is 2.03. The lowest BCUT2D eigenvalue weighted by Crippen LogP contribution is -2.02. The van der Waals surface area contributed by atoms with Crippen molar-refractivity contribution in [3.63, 3.8) is 0 Å². The Balaban J connectivity index is 0.000000286. The van der Waals surface area contributed by atoms with Crippen LogP contribution >= 0.6 is 0 Å². The van der Waals surface area contributed by atoms with Crippen LogP contribution in [0.5, 0.6) is 11.5 Å². The standard InChI is InChI=1S/C26H34N2O.C17H29NO/c1-2-3-4-5-6-7-8-11-19-29-23-14-12-13-22(20-23)21-28-26-17-18-27-25-16-10-9-15-24(25)26;1-2-3-4-5-6-7-8-9-13-19-17-12-10-11-16(14-17)15-18/h9-10,12-18,20H,2-8,11,19,21H2,1H3,(H,27,28);10-12,14H,2-9,13,15,18H2,1H3. The quantitative estimate of drug-likeness (QED) is 0.0736. The zero-order valence-corrected chi connectivity index (χ0v) is 30.1. The molecule has 1 aromatic heterocycles. The van der Waals surface area contributed by atoms with E-state index >= 15 is 0 Å². The van der Waals surface area contributed by atoms with Gasteiger partial charge in [0.25, 0.3) is 0 Å². The fraction of sp³-hybridized carbons (Fsp3) is 0.512. The molecule has 0 saturated heterocycles. The molecular weight excluding hydrogens is 590 g/mol. The Morgan fingerprint density at radius 1 is 0.562 bits per heavy atom. The average molecular weight is 654 g/mol. The van der Waals surface area contributed by atoms with E-state index in [0.717, 1.165) is 66.3 Å². The molecule has 0 atom stereocenters. The molecule has 0 fully saturated rings. The van der Waals surface area contributed by atoms with Crippen LogP contribution in [-0.4, -0.2) is 18.2 Å². The zero-order valence-electron chi connectivity index (χ0n) is 30.1. The van der Waals surface area contributed by atoms with Gasteiger partial charge in [-0.25, -0.2) is 0 Å². The van der Waals surface area contributed by atoms with E-state index < -0.39 is 0 Å². The molecule has 0 aliphatic carbocycles. The van der Waals surface area contributed by atoms with Crippen molar-refractivity contribution in [1.29, 1.82) is 0 Å². The summed E-state index contributed by atoms with van der Waals surface area (Å²) in [5, 5.41) is 4.69. The summed E-state index contributed by atoms with van der Waals surface area (Å²) in [6.45, 7) is 7.50. The predicted octanol–water partition coefficient (Wildman–Crippen LogP) is 12.0. The normalized spacial score (nSPS) is 10.8. The smallest absolute Gasteiger partial charge is 0.119 e. The zero-order chi connectivity index (χ0) is 33.9. The third-order valence-corrected chi connectivity index (χ3v) is 8.70. The Bertz CT molecular complexity index is 1370. The summed E-state index contributed by atoms with van der Waals surface area (Å²) >= 11 is 0. The number of benzene rings is 3. The molecule has 0 unspecified atom stereocenters. The van der Waals surface area contributed by atoms with Crippen molar-refractivity contribution in [2.45, 2.75) is 130 Å². The topological polar surface area (TPSA) is 69.4 Å². The maximum atomic E-state index is 5.98. The largest absolute Gasteiger partial charge is 0.494 e. The molecule has 4 aromatic rings. The van der Waals surface area contributed by atoms with Crippen LogP contribution in [0.1, 0.15) is 128 Å². The van der Waals surface area contributed by atoms with Crippen LogP contribution in [0.3, 0.4) is 0 Å². The number of pyridine rings is 1. The van der Waals surface area contributed by atoms with Crippen LogP contribution in [0.15, 0.2) is 85.1 Å². The van der Waals surface area contributed by atoms with Crippen LogP contribution in [0.4, 0.5) is 5.69 Å². The number of nitrogens with one attached hydrogen (secondary N) is 1. The van der Waals surface area contributed by atoms with Crippen molar-refractivity contribution in [1.82, 2.24) is 4.98 Å². The first-order valence-corrected chi connectivity index (χ1v) is 18.9. The first-order chi connectivity index (χ1) is 23.7. The van der Waals surface area contributed by atoms with Crippen LogP contribution in [0, 0.1) is 0 Å². The van der Waals surface area contributed by atoms with Gasteiger partial charge in [0.15, 0.2) is 0 Å². The molecular formula is C43H63N3O2. The number of anilines is 1. The second-order valence-corrected chi connectivity index (χ2v) is 12.9. The number of rotatable bonds is 24. The number of nitrogens with zero attached hydrogens (tertiary/aromatic N) is 1. The molecule has 0 aliphatic rings. The molecule has 3 N–H and O–H groups in total.